The summed E-state index contributed by atoms with van der Waals surface area (Å²) in [5.74, 6) is 0.0379. The minimum Gasteiger partial charge on any atom is -0.444 e. The normalized spacial score (nSPS) is 11.0. The lowest BCUT2D eigenvalue weighted by Gasteiger charge is -2.19. The van der Waals surface area contributed by atoms with Gasteiger partial charge in [-0.15, -0.1) is 0 Å². The second-order valence-electron chi connectivity index (χ2n) is 6.03. The Morgan fingerprint density at radius 1 is 1.29 bits per heavy atom. The van der Waals surface area contributed by atoms with Gasteiger partial charge >= 0.3 is 6.09 Å². The molecule has 21 heavy (non-hydrogen) atoms. The Kier molecular flexibility index (Phi) is 6.34. The first-order valence-corrected chi connectivity index (χ1v) is 7.20. The summed E-state index contributed by atoms with van der Waals surface area (Å²) in [5.41, 5.74) is 1.05. The van der Waals surface area contributed by atoms with Crippen LogP contribution in [0, 0.1) is 6.92 Å². The molecule has 5 heteroatoms. The van der Waals surface area contributed by atoms with Gasteiger partial charge in [-0.25, -0.2) is 4.79 Å². The Hall–Kier alpha value is -1.91. The predicted octanol–water partition coefficient (Wildman–Crippen LogP) is 3.27. The first-order chi connectivity index (χ1) is 9.78. The molecular formula is C16H24N2O3. The smallest absolute Gasteiger partial charge is 0.407 e. The third-order valence-corrected chi connectivity index (χ3v) is 2.70. The van der Waals surface area contributed by atoms with Gasteiger partial charge < -0.3 is 10.1 Å². The number of hydrogen-bond donors (Lipinski definition) is 1. The van der Waals surface area contributed by atoms with Crippen LogP contribution in [0.5, 0.6) is 0 Å². The van der Waals surface area contributed by atoms with Crippen molar-refractivity contribution >= 4 is 11.9 Å². The van der Waals surface area contributed by atoms with Gasteiger partial charge in [0.1, 0.15) is 11.3 Å². The number of carbonyl (C=O) groups excluding carboxylic acids is 2. The van der Waals surface area contributed by atoms with Crippen LogP contribution in [0.2, 0.25) is 0 Å². The number of pyridine rings is 1. The molecule has 1 heterocycles. The summed E-state index contributed by atoms with van der Waals surface area (Å²) in [6.45, 7) is 7.90. The van der Waals surface area contributed by atoms with Gasteiger partial charge in [-0.1, -0.05) is 0 Å². The summed E-state index contributed by atoms with van der Waals surface area (Å²) in [4.78, 5) is 27.4. The highest BCUT2D eigenvalue weighted by atomic mass is 16.6. The van der Waals surface area contributed by atoms with Crippen LogP contribution in [0.4, 0.5) is 4.79 Å². The molecule has 0 aliphatic carbocycles. The van der Waals surface area contributed by atoms with Crippen LogP contribution in [-0.2, 0) is 4.74 Å². The van der Waals surface area contributed by atoms with E-state index in [9.17, 15) is 9.59 Å². The van der Waals surface area contributed by atoms with Gasteiger partial charge in [0.05, 0.1) is 0 Å². The Morgan fingerprint density at radius 3 is 2.62 bits per heavy atom. The number of rotatable bonds is 6. The maximum atomic E-state index is 11.9. The Balaban J connectivity index is 2.20. The van der Waals surface area contributed by atoms with Crippen molar-refractivity contribution in [2.45, 2.75) is 52.6 Å². The molecule has 1 N–H and O–H groups in total. The molecule has 0 aromatic carbocycles. The van der Waals surface area contributed by atoms with Crippen molar-refractivity contribution in [3.8, 4) is 0 Å². The van der Waals surface area contributed by atoms with Gasteiger partial charge in [0, 0.05) is 19.2 Å². The fourth-order valence-electron chi connectivity index (χ4n) is 1.73. The van der Waals surface area contributed by atoms with Crippen LogP contribution in [0.3, 0.4) is 0 Å². The zero-order chi connectivity index (χ0) is 15.9. The zero-order valence-corrected chi connectivity index (χ0v) is 13.2. The van der Waals surface area contributed by atoms with E-state index in [1.54, 1.807) is 12.3 Å². The van der Waals surface area contributed by atoms with Crippen LogP contribution in [0.15, 0.2) is 18.3 Å². The molecular weight excluding hydrogens is 268 g/mol. The lowest BCUT2D eigenvalue weighted by atomic mass is 10.1. The Labute approximate surface area is 126 Å². The van der Waals surface area contributed by atoms with Crippen molar-refractivity contribution in [2.75, 3.05) is 6.54 Å². The third-order valence-electron chi connectivity index (χ3n) is 2.70. The summed E-state index contributed by atoms with van der Waals surface area (Å²) in [7, 11) is 0. The molecule has 0 fully saturated rings. The van der Waals surface area contributed by atoms with E-state index in [1.807, 2.05) is 33.8 Å². The van der Waals surface area contributed by atoms with Gasteiger partial charge in [-0.2, -0.15) is 0 Å². The molecule has 5 nitrogen and oxygen atoms in total. The van der Waals surface area contributed by atoms with E-state index in [0.29, 0.717) is 25.1 Å². The van der Waals surface area contributed by atoms with Crippen molar-refractivity contribution in [2.24, 2.45) is 0 Å². The monoisotopic (exact) mass is 292 g/mol. The molecule has 0 unspecified atom stereocenters. The number of carbonyl (C=O) groups is 2. The van der Waals surface area contributed by atoms with Gasteiger partial charge in [0.15, 0.2) is 5.78 Å². The Bertz CT molecular complexity index is 493. The maximum absolute atomic E-state index is 11.9. The molecule has 0 atom stereocenters. The number of unbranched alkanes of at least 4 members (excludes halogenated alkanes) is 1. The molecule has 0 bridgehead atoms. The lowest BCUT2D eigenvalue weighted by Crippen LogP contribution is -2.33. The van der Waals surface area contributed by atoms with Crippen molar-refractivity contribution in [1.82, 2.24) is 10.3 Å². The van der Waals surface area contributed by atoms with Crippen molar-refractivity contribution in [3.05, 3.63) is 29.6 Å². The summed E-state index contributed by atoms with van der Waals surface area (Å²) >= 11 is 0. The predicted molar refractivity (Wildman–Crippen MR) is 81.4 cm³/mol. The highest BCUT2D eigenvalue weighted by molar-refractivity contribution is 5.94. The molecule has 1 amide bonds. The van der Waals surface area contributed by atoms with Gasteiger partial charge in [0.25, 0.3) is 0 Å². The molecule has 116 valence electrons. The van der Waals surface area contributed by atoms with E-state index >= 15 is 0 Å². The highest BCUT2D eigenvalue weighted by Crippen LogP contribution is 2.08. The number of nitrogens with zero attached hydrogens (tertiary/aromatic N) is 1. The second-order valence-corrected chi connectivity index (χ2v) is 6.03. The first kappa shape index (κ1) is 17.1. The molecule has 1 aromatic rings. The highest BCUT2D eigenvalue weighted by Gasteiger charge is 2.15. The van der Waals surface area contributed by atoms with Crippen LogP contribution >= 0.6 is 0 Å². The van der Waals surface area contributed by atoms with E-state index in [2.05, 4.69) is 10.3 Å². The molecule has 0 saturated heterocycles. The van der Waals surface area contributed by atoms with E-state index in [1.165, 1.54) is 0 Å². The van der Waals surface area contributed by atoms with Crippen molar-refractivity contribution < 1.29 is 14.3 Å². The molecule has 0 spiro atoms. The first-order valence-electron chi connectivity index (χ1n) is 7.20. The van der Waals surface area contributed by atoms with Gasteiger partial charge in [-0.05, 0) is 58.2 Å². The minimum absolute atomic E-state index is 0.0379. The molecule has 0 aliphatic heterocycles. The zero-order valence-electron chi connectivity index (χ0n) is 13.2. The number of aromatic nitrogens is 1. The average molecular weight is 292 g/mol. The van der Waals surface area contributed by atoms with Crippen LogP contribution < -0.4 is 5.32 Å². The van der Waals surface area contributed by atoms with Crippen LogP contribution in [-0.4, -0.2) is 29.0 Å². The minimum atomic E-state index is -0.489. The molecule has 0 saturated carbocycles. The van der Waals surface area contributed by atoms with E-state index < -0.39 is 11.7 Å². The molecule has 1 aromatic heterocycles. The van der Waals surface area contributed by atoms with E-state index in [0.717, 1.165) is 12.0 Å². The fraction of sp³-hybridized carbons (Fsp3) is 0.562. The number of alkyl carbamates (subject to hydrolysis) is 1. The summed E-state index contributed by atoms with van der Waals surface area (Å²) in [6, 6.07) is 3.66. The molecule has 1 rings (SSSR count). The number of nitrogens with one attached hydrogen (secondary N) is 1. The largest absolute Gasteiger partial charge is 0.444 e. The lowest BCUT2D eigenvalue weighted by molar-refractivity contribution is 0.0527. The number of ketones is 1. The maximum Gasteiger partial charge on any atom is 0.407 e. The topological polar surface area (TPSA) is 68.3 Å². The quantitative estimate of drug-likeness (QED) is 0.645. The van der Waals surface area contributed by atoms with Crippen LogP contribution in [0.25, 0.3) is 0 Å². The second kappa shape index (κ2) is 7.76. The number of hydrogen-bond acceptors (Lipinski definition) is 4. The van der Waals surface area contributed by atoms with Gasteiger partial charge in [-0.3, -0.25) is 9.78 Å². The van der Waals surface area contributed by atoms with E-state index in [4.69, 9.17) is 4.74 Å². The molecule has 0 aliphatic rings. The van der Waals surface area contributed by atoms with Crippen LogP contribution in [0.1, 0.15) is 56.1 Å². The summed E-state index contributed by atoms with van der Waals surface area (Å²) < 4.78 is 5.12. The van der Waals surface area contributed by atoms with Crippen molar-refractivity contribution in [3.63, 3.8) is 0 Å². The number of aryl methyl sites for hydroxylation is 1. The van der Waals surface area contributed by atoms with E-state index in [-0.39, 0.29) is 5.78 Å². The SMILES string of the molecule is Cc1ccnc(C(=O)CCCCNC(=O)OC(C)(C)C)c1. The summed E-state index contributed by atoms with van der Waals surface area (Å²) in [6.07, 6.45) is 3.11. The summed E-state index contributed by atoms with van der Waals surface area (Å²) in [5, 5.41) is 2.67. The third kappa shape index (κ3) is 7.44. The van der Waals surface area contributed by atoms with Crippen molar-refractivity contribution in [1.29, 1.82) is 0 Å². The number of Topliss-reactive ketones (excluding diaryl/α,β-unsaturated/α-hetero) is 1. The number of ether oxygens (including phenoxy) is 1. The average Bonchev–Trinajstić information content (AvgIpc) is 2.36. The Morgan fingerprint density at radius 2 is 2.00 bits per heavy atom. The molecule has 0 radical (unpaired) electrons. The fourth-order valence-corrected chi connectivity index (χ4v) is 1.73. The standard InChI is InChI=1S/C16H24N2O3/c1-12-8-10-17-13(11-12)14(19)7-5-6-9-18-15(20)21-16(2,3)4/h8,10-11H,5-7,9H2,1-4H3,(H,18,20). The number of amides is 1. The van der Waals surface area contributed by atoms with Gasteiger partial charge in [0.2, 0.25) is 0 Å².